The summed E-state index contributed by atoms with van der Waals surface area (Å²) in [6, 6.07) is 0. The monoisotopic (exact) mass is 315 g/mol. The van der Waals surface area contributed by atoms with Gasteiger partial charge in [-0.3, -0.25) is 0 Å². The van der Waals surface area contributed by atoms with E-state index >= 15 is 0 Å². The zero-order valence-corrected chi connectivity index (χ0v) is 13.4. The molecule has 3 saturated heterocycles. The third-order valence-corrected chi connectivity index (χ3v) is 6.92. The van der Waals surface area contributed by atoms with E-state index in [1.54, 1.807) is 0 Å². The predicted octanol–water partition coefficient (Wildman–Crippen LogP) is 1.92. The fraction of sp³-hybridized carbons (Fsp3) is 0.846. The SMILES string of the molecule is CCCCS(=O)(=O)c1nsnc1[C@H]1CN2CCC1CC2. The van der Waals surface area contributed by atoms with E-state index in [-0.39, 0.29) is 16.7 Å². The molecule has 1 aromatic rings. The molecule has 3 aliphatic rings. The van der Waals surface area contributed by atoms with Crippen molar-refractivity contribution in [3.8, 4) is 0 Å². The molecular formula is C13H21N3O2S2. The maximum Gasteiger partial charge on any atom is 0.198 e. The maximum atomic E-state index is 12.4. The first kappa shape index (κ1) is 14.4. The lowest BCUT2D eigenvalue weighted by Gasteiger charge is -2.44. The summed E-state index contributed by atoms with van der Waals surface area (Å²) in [4.78, 5) is 2.42. The highest BCUT2D eigenvalue weighted by atomic mass is 32.2. The molecular weight excluding hydrogens is 294 g/mol. The van der Waals surface area contributed by atoms with Crippen LogP contribution >= 0.6 is 11.7 Å². The van der Waals surface area contributed by atoms with E-state index in [9.17, 15) is 8.42 Å². The van der Waals surface area contributed by atoms with Crippen molar-refractivity contribution in [1.82, 2.24) is 13.6 Å². The Morgan fingerprint density at radius 2 is 2.05 bits per heavy atom. The standard InChI is InChI=1S/C13H21N3O2S2/c1-2-3-8-20(17,18)13-12(14-19-15-13)11-9-16-6-4-10(11)5-7-16/h10-11H,2-9H2,1H3/t11-/m0/s1. The third kappa shape index (κ3) is 2.63. The van der Waals surface area contributed by atoms with E-state index in [1.807, 2.05) is 6.92 Å². The first-order valence-corrected chi connectivity index (χ1v) is 9.77. The molecule has 0 radical (unpaired) electrons. The second-order valence-corrected chi connectivity index (χ2v) is 8.42. The Kier molecular flexibility index (Phi) is 4.10. The summed E-state index contributed by atoms with van der Waals surface area (Å²) in [5, 5.41) is 0.273. The zero-order chi connectivity index (χ0) is 14.2. The van der Waals surface area contributed by atoms with Gasteiger partial charge < -0.3 is 4.90 Å². The molecule has 1 aromatic heterocycles. The van der Waals surface area contributed by atoms with Gasteiger partial charge in [0.2, 0.25) is 0 Å². The highest BCUT2D eigenvalue weighted by Gasteiger charge is 2.39. The number of unbranched alkanes of at least 4 members (excludes halogenated alkanes) is 1. The molecule has 112 valence electrons. The van der Waals surface area contributed by atoms with Crippen LogP contribution in [0.5, 0.6) is 0 Å². The average Bonchev–Trinajstić information content (AvgIpc) is 2.96. The normalized spacial score (nSPS) is 29.8. The van der Waals surface area contributed by atoms with Gasteiger partial charge in [0.15, 0.2) is 14.9 Å². The summed E-state index contributed by atoms with van der Waals surface area (Å²) in [6.45, 7) is 5.25. The number of nitrogens with zero attached hydrogens (tertiary/aromatic N) is 3. The number of hydrogen-bond donors (Lipinski definition) is 0. The molecule has 0 aliphatic carbocycles. The van der Waals surface area contributed by atoms with Crippen molar-refractivity contribution in [1.29, 1.82) is 0 Å². The van der Waals surface area contributed by atoms with Crippen LogP contribution in [-0.2, 0) is 9.84 Å². The maximum absolute atomic E-state index is 12.4. The molecule has 2 bridgehead atoms. The molecule has 0 aromatic carbocycles. The van der Waals surface area contributed by atoms with E-state index < -0.39 is 9.84 Å². The second kappa shape index (κ2) is 5.69. The number of rotatable bonds is 5. The fourth-order valence-electron chi connectivity index (χ4n) is 3.34. The summed E-state index contributed by atoms with van der Waals surface area (Å²) in [7, 11) is -3.26. The Bertz CT molecular complexity index is 562. The first-order chi connectivity index (χ1) is 9.62. The van der Waals surface area contributed by atoms with Gasteiger partial charge >= 0.3 is 0 Å². The Labute approximate surface area is 124 Å². The van der Waals surface area contributed by atoms with Crippen LogP contribution in [0.2, 0.25) is 0 Å². The summed E-state index contributed by atoms with van der Waals surface area (Å²) in [5.74, 6) is 1.05. The van der Waals surface area contributed by atoms with Gasteiger partial charge in [0.05, 0.1) is 23.2 Å². The van der Waals surface area contributed by atoms with Crippen molar-refractivity contribution in [3.05, 3.63) is 5.69 Å². The highest BCUT2D eigenvalue weighted by Crippen LogP contribution is 2.40. The average molecular weight is 315 g/mol. The van der Waals surface area contributed by atoms with Crippen molar-refractivity contribution >= 4 is 21.6 Å². The zero-order valence-electron chi connectivity index (χ0n) is 11.8. The van der Waals surface area contributed by atoms with Crippen molar-refractivity contribution in [3.63, 3.8) is 0 Å². The number of sulfone groups is 1. The quantitative estimate of drug-likeness (QED) is 0.830. The van der Waals surface area contributed by atoms with Crippen LogP contribution in [0.4, 0.5) is 0 Å². The van der Waals surface area contributed by atoms with Crippen LogP contribution in [0.3, 0.4) is 0 Å². The van der Waals surface area contributed by atoms with E-state index in [0.717, 1.165) is 56.3 Å². The molecule has 0 unspecified atom stereocenters. The lowest BCUT2D eigenvalue weighted by atomic mass is 9.78. The van der Waals surface area contributed by atoms with Crippen LogP contribution in [0.1, 0.15) is 44.2 Å². The van der Waals surface area contributed by atoms with Gasteiger partial charge in [-0.2, -0.15) is 8.75 Å². The minimum atomic E-state index is -3.26. The van der Waals surface area contributed by atoms with E-state index in [2.05, 4.69) is 13.6 Å². The Hall–Kier alpha value is -0.530. The molecule has 0 spiro atoms. The van der Waals surface area contributed by atoms with Crippen LogP contribution in [0.25, 0.3) is 0 Å². The van der Waals surface area contributed by atoms with Crippen molar-refractivity contribution in [2.45, 2.75) is 43.6 Å². The number of hydrogen-bond acceptors (Lipinski definition) is 6. The van der Waals surface area contributed by atoms with E-state index in [4.69, 9.17) is 0 Å². The molecule has 4 heterocycles. The minimum absolute atomic E-state index is 0.197. The summed E-state index contributed by atoms with van der Waals surface area (Å²) >= 11 is 1.05. The minimum Gasteiger partial charge on any atom is -0.303 e. The number of piperidine rings is 3. The smallest absolute Gasteiger partial charge is 0.198 e. The number of aromatic nitrogens is 2. The van der Waals surface area contributed by atoms with Gasteiger partial charge in [-0.25, -0.2) is 8.42 Å². The van der Waals surface area contributed by atoms with Gasteiger partial charge in [-0.1, -0.05) is 13.3 Å². The second-order valence-electron chi connectivity index (χ2n) is 5.87. The topological polar surface area (TPSA) is 63.2 Å². The molecule has 4 rings (SSSR count). The van der Waals surface area contributed by atoms with E-state index in [0.29, 0.717) is 12.3 Å². The molecule has 0 saturated carbocycles. The van der Waals surface area contributed by atoms with Crippen molar-refractivity contribution < 1.29 is 8.42 Å². The first-order valence-electron chi connectivity index (χ1n) is 7.39. The van der Waals surface area contributed by atoms with E-state index in [1.165, 1.54) is 0 Å². The Balaban J connectivity index is 1.87. The molecule has 7 heteroatoms. The summed E-state index contributed by atoms with van der Waals surface area (Å²) < 4.78 is 33.3. The summed E-state index contributed by atoms with van der Waals surface area (Å²) in [5.41, 5.74) is 0.750. The number of fused-ring (bicyclic) bond motifs is 3. The van der Waals surface area contributed by atoms with Crippen LogP contribution in [-0.4, -0.2) is 47.5 Å². The van der Waals surface area contributed by atoms with Gasteiger partial charge in [-0.05, 0) is 38.3 Å². The third-order valence-electron chi connectivity index (χ3n) is 4.55. The van der Waals surface area contributed by atoms with Crippen LogP contribution < -0.4 is 0 Å². The lowest BCUT2D eigenvalue weighted by Crippen LogP contribution is -2.46. The van der Waals surface area contributed by atoms with Crippen LogP contribution in [0.15, 0.2) is 5.03 Å². The van der Waals surface area contributed by atoms with Gasteiger partial charge in [0.25, 0.3) is 0 Å². The fourth-order valence-corrected chi connectivity index (χ4v) is 5.84. The van der Waals surface area contributed by atoms with Crippen molar-refractivity contribution in [2.24, 2.45) is 5.92 Å². The molecule has 20 heavy (non-hydrogen) atoms. The molecule has 1 atom stereocenters. The largest absolute Gasteiger partial charge is 0.303 e. The van der Waals surface area contributed by atoms with Gasteiger partial charge in [-0.15, -0.1) is 0 Å². The Morgan fingerprint density at radius 3 is 2.65 bits per heavy atom. The molecule has 5 nitrogen and oxygen atoms in total. The van der Waals surface area contributed by atoms with Crippen LogP contribution in [0, 0.1) is 5.92 Å². The van der Waals surface area contributed by atoms with Crippen molar-refractivity contribution in [2.75, 3.05) is 25.4 Å². The van der Waals surface area contributed by atoms with Gasteiger partial charge in [0, 0.05) is 12.5 Å². The summed E-state index contributed by atoms with van der Waals surface area (Å²) in [6.07, 6.45) is 3.90. The molecule has 0 amide bonds. The van der Waals surface area contributed by atoms with Gasteiger partial charge in [0.1, 0.15) is 0 Å². The highest BCUT2D eigenvalue weighted by molar-refractivity contribution is 7.91. The molecule has 0 N–H and O–H groups in total. The Morgan fingerprint density at radius 1 is 1.30 bits per heavy atom. The molecule has 3 aliphatic heterocycles. The lowest BCUT2D eigenvalue weighted by molar-refractivity contribution is 0.0845. The predicted molar refractivity (Wildman–Crippen MR) is 78.8 cm³/mol. The molecule has 3 fully saturated rings.